The summed E-state index contributed by atoms with van der Waals surface area (Å²) in [5, 5.41) is 37.2. The lowest BCUT2D eigenvalue weighted by Gasteiger charge is -2.14. The molecule has 0 saturated heterocycles. The molecular weight excluding hydrogens is 525 g/mol. The van der Waals surface area contributed by atoms with Gasteiger partial charge in [-0.2, -0.15) is 13.2 Å². The van der Waals surface area contributed by atoms with E-state index in [4.69, 9.17) is 9.88 Å². The van der Waals surface area contributed by atoms with E-state index in [1.165, 1.54) is 12.1 Å². The minimum Gasteiger partial charge on any atom is -0.508 e. The summed E-state index contributed by atoms with van der Waals surface area (Å²) < 4.78 is 67.8. The number of aliphatic hydroxyl groups is 2. The van der Waals surface area contributed by atoms with Crippen LogP contribution in [0, 0.1) is 0 Å². The molecule has 0 aliphatic heterocycles. The van der Waals surface area contributed by atoms with Gasteiger partial charge in [-0.1, -0.05) is 18.9 Å². The van der Waals surface area contributed by atoms with Gasteiger partial charge in [-0.05, 0) is 80.1 Å². The first-order chi connectivity index (χ1) is 17.9. The van der Waals surface area contributed by atoms with Gasteiger partial charge in [-0.15, -0.1) is 0 Å². The van der Waals surface area contributed by atoms with Crippen molar-refractivity contribution in [3.8, 4) is 5.75 Å². The molecule has 2 aromatic carbocycles. The molecule has 214 valence electrons. The molecule has 2 rings (SSSR count). The van der Waals surface area contributed by atoms with Crippen molar-refractivity contribution < 1.29 is 41.6 Å². The molecule has 0 unspecified atom stereocenters. The zero-order valence-electron chi connectivity index (χ0n) is 21.2. The normalized spacial score (nSPS) is 13.1. The van der Waals surface area contributed by atoms with E-state index >= 15 is 0 Å². The molecule has 0 fully saturated rings. The Bertz CT molecular complexity index is 1110. The van der Waals surface area contributed by atoms with Crippen molar-refractivity contribution in [3.05, 3.63) is 58.7 Å². The first-order valence-corrected chi connectivity index (χ1v) is 14.1. The summed E-state index contributed by atoms with van der Waals surface area (Å²) >= 11 is 0. The van der Waals surface area contributed by atoms with E-state index in [0.717, 1.165) is 38.3 Å². The zero-order valence-corrected chi connectivity index (χ0v) is 22.0. The first-order valence-electron chi connectivity index (χ1n) is 12.5. The van der Waals surface area contributed by atoms with E-state index in [9.17, 15) is 36.9 Å². The van der Waals surface area contributed by atoms with Crippen molar-refractivity contribution in [1.29, 1.82) is 0 Å². The number of aromatic hydroxyl groups is 1. The maximum Gasteiger partial charge on any atom is 0.416 e. The number of alkyl halides is 3. The van der Waals surface area contributed by atoms with Gasteiger partial charge in [0.05, 0.1) is 23.2 Å². The van der Waals surface area contributed by atoms with Crippen molar-refractivity contribution >= 4 is 10.0 Å². The quantitative estimate of drug-likeness (QED) is 0.185. The maximum atomic E-state index is 13.1. The third kappa shape index (κ3) is 11.3. The molecule has 38 heavy (non-hydrogen) atoms. The molecule has 1 atom stereocenters. The fraction of sp³-hybridized carbons (Fsp3) is 0.538. The van der Waals surface area contributed by atoms with Crippen molar-refractivity contribution in [2.75, 3.05) is 26.3 Å². The number of hydrogen-bond acceptors (Lipinski definition) is 7. The Kier molecular flexibility index (Phi) is 13.0. The molecule has 0 saturated carbocycles. The van der Waals surface area contributed by atoms with Gasteiger partial charge in [-0.25, -0.2) is 13.6 Å². The predicted molar refractivity (Wildman–Crippen MR) is 137 cm³/mol. The van der Waals surface area contributed by atoms with Gasteiger partial charge in [-0.3, -0.25) is 0 Å². The van der Waals surface area contributed by atoms with Crippen molar-refractivity contribution in [2.24, 2.45) is 5.14 Å². The number of benzene rings is 2. The molecule has 0 spiro atoms. The van der Waals surface area contributed by atoms with Crippen molar-refractivity contribution in [1.82, 2.24) is 5.32 Å². The standard InChI is InChI=1S/C26H37F3N2O6S/c27-26(28,29)22-13-19(14-23(16-22)38(30,35)36)7-3-6-12-37-11-5-2-1-4-10-31-17-25(34)20-8-9-24(33)21(15-20)18-32/h8-9,13-16,25,31-34H,1-7,10-12,17-18H2,(H2,30,35,36)/t25-/m0/s1. The van der Waals surface area contributed by atoms with E-state index in [-0.39, 0.29) is 24.3 Å². The Morgan fingerprint density at radius 3 is 2.32 bits per heavy atom. The summed E-state index contributed by atoms with van der Waals surface area (Å²) in [6.45, 7) is 1.86. The number of ether oxygens (including phenoxy) is 1. The lowest BCUT2D eigenvalue weighted by Crippen LogP contribution is -2.22. The molecule has 0 amide bonds. The molecule has 8 nitrogen and oxygen atoms in total. The second-order valence-electron chi connectivity index (χ2n) is 9.16. The highest BCUT2D eigenvalue weighted by Gasteiger charge is 2.32. The third-order valence-corrected chi connectivity index (χ3v) is 6.91. The topological polar surface area (TPSA) is 142 Å². The Balaban J connectivity index is 1.53. The number of rotatable bonds is 17. The largest absolute Gasteiger partial charge is 0.508 e. The van der Waals surface area contributed by atoms with Crippen LogP contribution in [0.15, 0.2) is 41.3 Å². The van der Waals surface area contributed by atoms with E-state index in [0.29, 0.717) is 49.8 Å². The summed E-state index contributed by atoms with van der Waals surface area (Å²) in [6.07, 6.45) is -0.152. The number of primary sulfonamides is 1. The van der Waals surface area contributed by atoms with Crippen LogP contribution in [0.3, 0.4) is 0 Å². The second kappa shape index (κ2) is 15.4. The Hall–Kier alpha value is -2.22. The highest BCUT2D eigenvalue weighted by Crippen LogP contribution is 2.32. The number of nitrogens with one attached hydrogen (secondary N) is 1. The van der Waals surface area contributed by atoms with Crippen LogP contribution < -0.4 is 10.5 Å². The smallest absolute Gasteiger partial charge is 0.416 e. The van der Waals surface area contributed by atoms with Gasteiger partial charge in [0.25, 0.3) is 0 Å². The highest BCUT2D eigenvalue weighted by atomic mass is 32.2. The number of phenols is 1. The number of unbranched alkanes of at least 4 members (excludes halogenated alkanes) is 4. The molecule has 0 aromatic heterocycles. The maximum absolute atomic E-state index is 13.1. The van der Waals surface area contributed by atoms with Crippen LogP contribution in [0.2, 0.25) is 0 Å². The van der Waals surface area contributed by atoms with Gasteiger partial charge in [0.15, 0.2) is 0 Å². The number of nitrogens with two attached hydrogens (primary N) is 1. The van der Waals surface area contributed by atoms with E-state index in [1.54, 1.807) is 12.1 Å². The zero-order chi connectivity index (χ0) is 28.2. The minimum atomic E-state index is -4.66. The molecule has 0 radical (unpaired) electrons. The average molecular weight is 563 g/mol. The van der Waals surface area contributed by atoms with Crippen molar-refractivity contribution in [2.45, 2.75) is 68.7 Å². The Morgan fingerprint density at radius 1 is 0.974 bits per heavy atom. The monoisotopic (exact) mass is 562 g/mol. The molecule has 0 aliphatic carbocycles. The average Bonchev–Trinajstić information content (AvgIpc) is 2.85. The number of aryl methyl sites for hydroxylation is 1. The molecule has 0 aliphatic rings. The van der Waals surface area contributed by atoms with Gasteiger partial charge < -0.3 is 25.4 Å². The van der Waals surface area contributed by atoms with Gasteiger partial charge in [0.2, 0.25) is 10.0 Å². The third-order valence-electron chi connectivity index (χ3n) is 6.01. The van der Waals surface area contributed by atoms with Crippen LogP contribution >= 0.6 is 0 Å². The highest BCUT2D eigenvalue weighted by molar-refractivity contribution is 7.89. The lowest BCUT2D eigenvalue weighted by atomic mass is 10.0. The van der Waals surface area contributed by atoms with E-state index in [2.05, 4.69) is 5.32 Å². The van der Waals surface area contributed by atoms with Crippen LogP contribution in [0.5, 0.6) is 5.75 Å². The summed E-state index contributed by atoms with van der Waals surface area (Å²) in [5.74, 6) is -0.00326. The number of sulfonamides is 1. The number of halogens is 3. The van der Waals surface area contributed by atoms with Crippen LogP contribution in [-0.2, 0) is 34.0 Å². The minimum absolute atomic E-state index is 0.00326. The Labute approximate surface area is 221 Å². The summed E-state index contributed by atoms with van der Waals surface area (Å²) in [6, 6.07) is 7.34. The molecule has 0 heterocycles. The second-order valence-corrected chi connectivity index (χ2v) is 10.7. The van der Waals surface area contributed by atoms with Crippen LogP contribution in [-0.4, -0.2) is 50.0 Å². The molecule has 2 aromatic rings. The van der Waals surface area contributed by atoms with Crippen LogP contribution in [0.1, 0.15) is 66.9 Å². The number of aliphatic hydroxyl groups excluding tert-OH is 2. The summed E-state index contributed by atoms with van der Waals surface area (Å²) in [7, 11) is -4.24. The number of hydrogen-bond donors (Lipinski definition) is 5. The summed E-state index contributed by atoms with van der Waals surface area (Å²) in [4.78, 5) is -0.543. The fourth-order valence-electron chi connectivity index (χ4n) is 3.87. The van der Waals surface area contributed by atoms with Gasteiger partial charge in [0.1, 0.15) is 5.75 Å². The predicted octanol–water partition coefficient (Wildman–Crippen LogP) is 3.77. The van der Waals surface area contributed by atoms with E-state index < -0.39 is 32.8 Å². The van der Waals surface area contributed by atoms with Gasteiger partial charge >= 0.3 is 6.18 Å². The Morgan fingerprint density at radius 2 is 1.66 bits per heavy atom. The molecular formula is C26H37F3N2O6S. The first kappa shape index (κ1) is 32.0. The fourth-order valence-corrected chi connectivity index (χ4v) is 4.48. The SMILES string of the molecule is NS(=O)(=O)c1cc(CCCCOCCCCCCNC[C@H](O)c2ccc(O)c(CO)c2)cc(C(F)(F)F)c1. The molecule has 6 N–H and O–H groups in total. The summed E-state index contributed by atoms with van der Waals surface area (Å²) in [5.41, 5.74) is 0.233. The molecule has 12 heteroatoms. The van der Waals surface area contributed by atoms with E-state index in [1.807, 2.05) is 0 Å². The van der Waals surface area contributed by atoms with Crippen LogP contribution in [0.4, 0.5) is 13.2 Å². The lowest BCUT2D eigenvalue weighted by molar-refractivity contribution is -0.137. The van der Waals surface area contributed by atoms with Gasteiger partial charge in [0, 0.05) is 25.3 Å². The molecule has 0 bridgehead atoms. The van der Waals surface area contributed by atoms with Crippen LogP contribution in [0.25, 0.3) is 0 Å². The van der Waals surface area contributed by atoms with Crippen molar-refractivity contribution in [3.63, 3.8) is 0 Å².